The van der Waals surface area contributed by atoms with E-state index in [4.69, 9.17) is 9.47 Å². The molecule has 0 aromatic rings. The first-order valence-corrected chi connectivity index (χ1v) is 20.6. The van der Waals surface area contributed by atoms with Gasteiger partial charge in [0.1, 0.15) is 24.4 Å². The molecule has 1 saturated heterocycles. The van der Waals surface area contributed by atoms with Gasteiger partial charge in [-0.05, 0) is 32.1 Å². The molecule has 0 aromatic carbocycles. The molecule has 9 heteroatoms. The lowest BCUT2D eigenvalue weighted by atomic mass is 9.99. The van der Waals surface area contributed by atoms with Crippen molar-refractivity contribution >= 4 is 5.91 Å². The van der Waals surface area contributed by atoms with Gasteiger partial charge in [-0.1, -0.05) is 160 Å². The largest absolute Gasteiger partial charge is 0.394 e. The molecule has 1 heterocycles. The van der Waals surface area contributed by atoms with Crippen molar-refractivity contribution in [3.63, 3.8) is 0 Å². The molecule has 1 amide bonds. The Balaban J connectivity index is 2.38. The van der Waals surface area contributed by atoms with Crippen molar-refractivity contribution in [3.05, 3.63) is 24.3 Å². The Kier molecular flexibility index (Phi) is 30.2. The number of ether oxygens (including phenoxy) is 2. The van der Waals surface area contributed by atoms with E-state index in [1.807, 2.05) is 6.08 Å². The topological polar surface area (TPSA) is 149 Å². The number of hydrogen-bond acceptors (Lipinski definition) is 8. The number of carbonyl (C=O) groups excluding carboxylic acids is 1. The van der Waals surface area contributed by atoms with Crippen LogP contribution in [0.25, 0.3) is 0 Å². The molecule has 0 radical (unpaired) electrons. The Hall–Kier alpha value is -1.33. The van der Waals surface area contributed by atoms with Gasteiger partial charge >= 0.3 is 0 Å². The van der Waals surface area contributed by atoms with Crippen LogP contribution in [0.3, 0.4) is 0 Å². The summed E-state index contributed by atoms with van der Waals surface area (Å²) in [4.78, 5) is 12.9. The SMILES string of the molecule is CCCCCC/C=C/CC/C=C/C(O)C(COC1OC(CO)C(O)C(O)C1O)NC(=O)CCCCCCCCCCCCCCCCCCC. The molecule has 0 bridgehead atoms. The molecular formula is C41H77NO8. The average molecular weight is 712 g/mol. The van der Waals surface area contributed by atoms with Gasteiger partial charge in [0.2, 0.25) is 5.91 Å². The highest BCUT2D eigenvalue weighted by molar-refractivity contribution is 5.76. The van der Waals surface area contributed by atoms with Crippen LogP contribution >= 0.6 is 0 Å². The van der Waals surface area contributed by atoms with Crippen LogP contribution in [-0.4, -0.2) is 87.5 Å². The molecule has 0 aliphatic carbocycles. The van der Waals surface area contributed by atoms with Gasteiger partial charge in [-0.25, -0.2) is 0 Å². The Bertz CT molecular complexity index is 837. The first-order chi connectivity index (χ1) is 24.3. The Morgan fingerprint density at radius 2 is 1.14 bits per heavy atom. The molecule has 1 aliphatic heterocycles. The third-order valence-electron chi connectivity index (χ3n) is 9.78. The number of carbonyl (C=O) groups is 1. The molecular weight excluding hydrogens is 634 g/mol. The number of allylic oxidation sites excluding steroid dienone is 3. The van der Waals surface area contributed by atoms with E-state index < -0.39 is 49.5 Å². The molecule has 0 saturated carbocycles. The summed E-state index contributed by atoms with van der Waals surface area (Å²) >= 11 is 0. The summed E-state index contributed by atoms with van der Waals surface area (Å²) in [6, 6.07) is -0.814. The van der Waals surface area contributed by atoms with Crippen molar-refractivity contribution < 1.29 is 39.8 Å². The van der Waals surface area contributed by atoms with E-state index in [1.54, 1.807) is 6.08 Å². The number of amides is 1. The second-order valence-corrected chi connectivity index (χ2v) is 14.4. The van der Waals surface area contributed by atoms with Crippen molar-refractivity contribution in [1.82, 2.24) is 5.32 Å². The Morgan fingerprint density at radius 1 is 0.660 bits per heavy atom. The third-order valence-corrected chi connectivity index (χ3v) is 9.78. The first-order valence-electron chi connectivity index (χ1n) is 20.6. The van der Waals surface area contributed by atoms with Crippen molar-refractivity contribution in [3.8, 4) is 0 Å². The van der Waals surface area contributed by atoms with Gasteiger partial charge < -0.3 is 40.3 Å². The Morgan fingerprint density at radius 3 is 1.68 bits per heavy atom. The van der Waals surface area contributed by atoms with Crippen LogP contribution in [0.2, 0.25) is 0 Å². The summed E-state index contributed by atoms with van der Waals surface area (Å²) in [6.45, 7) is 3.71. The molecule has 0 aromatic heterocycles. The molecule has 9 nitrogen and oxygen atoms in total. The second kappa shape index (κ2) is 32.3. The fraction of sp³-hybridized carbons (Fsp3) is 0.878. The van der Waals surface area contributed by atoms with E-state index >= 15 is 0 Å². The number of hydrogen-bond donors (Lipinski definition) is 6. The zero-order valence-corrected chi connectivity index (χ0v) is 31.9. The number of aliphatic hydroxyl groups is 5. The average Bonchev–Trinajstić information content (AvgIpc) is 3.11. The predicted octanol–water partition coefficient (Wildman–Crippen LogP) is 7.55. The van der Waals surface area contributed by atoms with Crippen LogP contribution in [0.1, 0.15) is 174 Å². The lowest BCUT2D eigenvalue weighted by Gasteiger charge is -2.40. The summed E-state index contributed by atoms with van der Waals surface area (Å²) < 4.78 is 11.1. The third kappa shape index (κ3) is 23.3. The van der Waals surface area contributed by atoms with Crippen LogP contribution in [0, 0.1) is 0 Å². The van der Waals surface area contributed by atoms with E-state index in [0.717, 1.165) is 38.5 Å². The fourth-order valence-electron chi connectivity index (χ4n) is 6.41. The van der Waals surface area contributed by atoms with Gasteiger partial charge in [-0.2, -0.15) is 0 Å². The van der Waals surface area contributed by atoms with Crippen LogP contribution < -0.4 is 5.32 Å². The van der Waals surface area contributed by atoms with Gasteiger partial charge in [-0.3, -0.25) is 4.79 Å². The van der Waals surface area contributed by atoms with E-state index in [-0.39, 0.29) is 12.5 Å². The van der Waals surface area contributed by atoms with Gasteiger partial charge in [0.05, 0.1) is 25.4 Å². The van der Waals surface area contributed by atoms with Crippen molar-refractivity contribution in [1.29, 1.82) is 0 Å². The van der Waals surface area contributed by atoms with E-state index in [1.165, 1.54) is 116 Å². The summed E-state index contributed by atoms with van der Waals surface area (Å²) in [5.74, 6) is -0.188. The first kappa shape index (κ1) is 46.7. The monoisotopic (exact) mass is 712 g/mol. The molecule has 1 rings (SSSR count). The zero-order valence-electron chi connectivity index (χ0n) is 31.9. The minimum Gasteiger partial charge on any atom is -0.394 e. The maximum absolute atomic E-state index is 12.9. The van der Waals surface area contributed by atoms with Gasteiger partial charge in [0, 0.05) is 6.42 Å². The summed E-state index contributed by atoms with van der Waals surface area (Å²) in [6.07, 6.45) is 29.4. The molecule has 50 heavy (non-hydrogen) atoms. The molecule has 7 unspecified atom stereocenters. The minimum absolute atomic E-state index is 0.188. The summed E-state index contributed by atoms with van der Waals surface area (Å²) in [7, 11) is 0. The molecule has 6 N–H and O–H groups in total. The standard InChI is InChI=1S/C41H77NO8/c1-3-5-7-9-11-13-15-16-17-18-19-20-21-23-25-27-29-31-37(45)42-34(33-49-41-40(48)39(47)38(46)36(32-43)50-41)35(44)30-28-26-24-22-14-12-10-8-6-4-2/h14,22,28,30,34-36,38-41,43-44,46-48H,3-13,15-21,23-27,29,31-33H2,1-2H3,(H,42,45)/b22-14+,30-28+. The highest BCUT2D eigenvalue weighted by atomic mass is 16.7. The van der Waals surface area contributed by atoms with E-state index in [2.05, 4.69) is 31.3 Å². The minimum atomic E-state index is -1.57. The van der Waals surface area contributed by atoms with Crippen molar-refractivity contribution in [2.24, 2.45) is 0 Å². The number of rotatable bonds is 33. The molecule has 294 valence electrons. The van der Waals surface area contributed by atoms with Crippen LogP contribution in [0.4, 0.5) is 0 Å². The lowest BCUT2D eigenvalue weighted by molar-refractivity contribution is -0.302. The van der Waals surface area contributed by atoms with Crippen LogP contribution in [0.5, 0.6) is 0 Å². The summed E-state index contributed by atoms with van der Waals surface area (Å²) in [5, 5.41) is 53.9. The van der Waals surface area contributed by atoms with Crippen LogP contribution in [-0.2, 0) is 14.3 Å². The normalized spacial score (nSPS) is 22.4. The number of unbranched alkanes of at least 4 members (excludes halogenated alkanes) is 21. The smallest absolute Gasteiger partial charge is 0.220 e. The van der Waals surface area contributed by atoms with E-state index in [9.17, 15) is 30.3 Å². The number of aliphatic hydroxyl groups excluding tert-OH is 5. The number of nitrogens with one attached hydrogen (secondary N) is 1. The lowest BCUT2D eigenvalue weighted by Crippen LogP contribution is -2.60. The molecule has 1 fully saturated rings. The van der Waals surface area contributed by atoms with Gasteiger partial charge in [-0.15, -0.1) is 0 Å². The maximum atomic E-state index is 12.9. The van der Waals surface area contributed by atoms with Gasteiger partial charge in [0.25, 0.3) is 0 Å². The van der Waals surface area contributed by atoms with Gasteiger partial charge in [0.15, 0.2) is 6.29 Å². The van der Waals surface area contributed by atoms with Crippen molar-refractivity contribution in [2.45, 2.75) is 217 Å². The predicted molar refractivity (Wildman–Crippen MR) is 203 cm³/mol. The maximum Gasteiger partial charge on any atom is 0.220 e. The fourth-order valence-corrected chi connectivity index (χ4v) is 6.41. The Labute approximate surface area is 305 Å². The van der Waals surface area contributed by atoms with E-state index in [0.29, 0.717) is 6.42 Å². The summed E-state index contributed by atoms with van der Waals surface area (Å²) in [5.41, 5.74) is 0. The molecule has 7 atom stereocenters. The molecule has 0 spiro atoms. The van der Waals surface area contributed by atoms with Crippen LogP contribution in [0.15, 0.2) is 24.3 Å². The molecule has 1 aliphatic rings. The quantitative estimate of drug-likeness (QED) is 0.0302. The highest BCUT2D eigenvalue weighted by Gasteiger charge is 2.44. The zero-order chi connectivity index (χ0) is 36.7. The van der Waals surface area contributed by atoms with Crippen molar-refractivity contribution in [2.75, 3.05) is 13.2 Å². The second-order valence-electron chi connectivity index (χ2n) is 14.4. The highest BCUT2D eigenvalue weighted by Crippen LogP contribution is 2.22.